The van der Waals surface area contributed by atoms with Gasteiger partial charge in [-0.25, -0.2) is 9.97 Å². The average Bonchev–Trinajstić information content (AvgIpc) is 3.06. The molecule has 0 aliphatic heterocycles. The van der Waals surface area contributed by atoms with Crippen molar-refractivity contribution >= 4 is 56.5 Å². The van der Waals surface area contributed by atoms with Gasteiger partial charge in [0, 0.05) is 21.4 Å². The lowest BCUT2D eigenvalue weighted by atomic mass is 9.97. The van der Waals surface area contributed by atoms with Gasteiger partial charge in [-0.15, -0.1) is 11.3 Å². The van der Waals surface area contributed by atoms with Crippen LogP contribution in [-0.4, -0.2) is 15.9 Å². The van der Waals surface area contributed by atoms with Crippen molar-refractivity contribution < 1.29 is 4.79 Å². The van der Waals surface area contributed by atoms with Crippen LogP contribution in [0.15, 0.2) is 47.8 Å². The van der Waals surface area contributed by atoms with Gasteiger partial charge in [0.25, 0.3) is 5.91 Å². The van der Waals surface area contributed by atoms with E-state index >= 15 is 0 Å². The predicted octanol–water partition coefficient (Wildman–Crippen LogP) is 6.53. The van der Waals surface area contributed by atoms with E-state index in [2.05, 4.69) is 10.3 Å². The molecule has 4 nitrogen and oxygen atoms in total. The van der Waals surface area contributed by atoms with Gasteiger partial charge < -0.3 is 0 Å². The molecule has 0 spiro atoms. The van der Waals surface area contributed by atoms with Gasteiger partial charge in [0.1, 0.15) is 0 Å². The average molecular weight is 428 g/mol. The van der Waals surface area contributed by atoms with Crippen molar-refractivity contribution in [1.29, 1.82) is 0 Å². The lowest BCUT2D eigenvalue weighted by Gasteiger charge is -2.15. The fraction of sp³-hybridized carbons (Fsp3) is 0.0952. The number of hydrogen-bond acceptors (Lipinski definition) is 4. The Morgan fingerprint density at radius 3 is 2.57 bits per heavy atom. The number of amides is 1. The summed E-state index contributed by atoms with van der Waals surface area (Å²) in [7, 11) is 0. The molecule has 0 aliphatic rings. The number of carbonyl (C=O) groups is 1. The second-order valence-electron chi connectivity index (χ2n) is 6.35. The Bertz CT molecular complexity index is 1220. The summed E-state index contributed by atoms with van der Waals surface area (Å²) in [6.07, 6.45) is 0. The SMILES string of the molecule is Cc1csc(NC(=O)c2c(C)c(-c3ccc(Cl)cc3Cl)nc3ccccc23)n1. The number of halogens is 2. The molecule has 140 valence electrons. The van der Waals surface area contributed by atoms with Crippen molar-refractivity contribution in [2.75, 3.05) is 5.32 Å². The fourth-order valence-corrected chi connectivity index (χ4v) is 4.30. The minimum atomic E-state index is -0.225. The number of hydrogen-bond donors (Lipinski definition) is 1. The van der Waals surface area contributed by atoms with E-state index in [4.69, 9.17) is 28.2 Å². The Morgan fingerprint density at radius 2 is 1.86 bits per heavy atom. The molecule has 1 amide bonds. The highest BCUT2D eigenvalue weighted by atomic mass is 35.5. The van der Waals surface area contributed by atoms with Gasteiger partial charge in [-0.3, -0.25) is 10.1 Å². The fourth-order valence-electron chi connectivity index (χ4n) is 3.11. The number of nitrogens with one attached hydrogen (secondary N) is 1. The van der Waals surface area contributed by atoms with Crippen LogP contribution >= 0.6 is 34.5 Å². The van der Waals surface area contributed by atoms with Crippen LogP contribution in [0.3, 0.4) is 0 Å². The summed E-state index contributed by atoms with van der Waals surface area (Å²) in [6.45, 7) is 3.77. The van der Waals surface area contributed by atoms with Gasteiger partial charge in [-0.1, -0.05) is 41.4 Å². The first kappa shape index (κ1) is 18.9. The third-order valence-electron chi connectivity index (χ3n) is 4.39. The van der Waals surface area contributed by atoms with Crippen LogP contribution in [0.25, 0.3) is 22.2 Å². The van der Waals surface area contributed by atoms with Crippen molar-refractivity contribution in [3.63, 3.8) is 0 Å². The Labute approximate surface area is 176 Å². The van der Waals surface area contributed by atoms with Gasteiger partial charge >= 0.3 is 0 Å². The minimum absolute atomic E-state index is 0.225. The van der Waals surface area contributed by atoms with Crippen LogP contribution in [-0.2, 0) is 0 Å². The van der Waals surface area contributed by atoms with Crippen molar-refractivity contribution in [2.24, 2.45) is 0 Å². The van der Waals surface area contributed by atoms with Gasteiger partial charge in [-0.05, 0) is 43.7 Å². The summed E-state index contributed by atoms with van der Waals surface area (Å²) in [5.41, 5.74) is 4.27. The maximum absolute atomic E-state index is 13.2. The van der Waals surface area contributed by atoms with E-state index in [0.717, 1.165) is 27.7 Å². The molecule has 2 aromatic carbocycles. The first-order chi connectivity index (χ1) is 13.4. The minimum Gasteiger partial charge on any atom is -0.298 e. The monoisotopic (exact) mass is 427 g/mol. The van der Waals surface area contributed by atoms with Crippen molar-refractivity contribution in [2.45, 2.75) is 13.8 Å². The van der Waals surface area contributed by atoms with E-state index in [1.54, 1.807) is 12.1 Å². The highest BCUT2D eigenvalue weighted by Crippen LogP contribution is 2.35. The van der Waals surface area contributed by atoms with E-state index in [-0.39, 0.29) is 5.91 Å². The highest BCUT2D eigenvalue weighted by molar-refractivity contribution is 7.14. The number of rotatable bonds is 3. The van der Waals surface area contributed by atoms with Gasteiger partial charge in [0.15, 0.2) is 5.13 Å². The molecule has 2 heterocycles. The van der Waals surface area contributed by atoms with Crippen LogP contribution < -0.4 is 5.32 Å². The summed E-state index contributed by atoms with van der Waals surface area (Å²) in [4.78, 5) is 22.2. The molecule has 4 aromatic rings. The second kappa shape index (κ2) is 7.51. The van der Waals surface area contributed by atoms with Gasteiger partial charge in [0.2, 0.25) is 0 Å². The van der Waals surface area contributed by atoms with E-state index in [9.17, 15) is 4.79 Å². The van der Waals surface area contributed by atoms with Gasteiger partial charge in [-0.2, -0.15) is 0 Å². The zero-order chi connectivity index (χ0) is 19.8. The summed E-state index contributed by atoms with van der Waals surface area (Å²) in [5.74, 6) is -0.225. The Balaban J connectivity index is 1.91. The molecule has 7 heteroatoms. The highest BCUT2D eigenvalue weighted by Gasteiger charge is 2.21. The predicted molar refractivity (Wildman–Crippen MR) is 117 cm³/mol. The van der Waals surface area contributed by atoms with Crippen LogP contribution in [0.4, 0.5) is 5.13 Å². The summed E-state index contributed by atoms with van der Waals surface area (Å²) < 4.78 is 0. The standard InChI is InChI=1S/C21H15Cl2N3OS/c1-11-10-28-21(24-11)26-20(27)18-12(2)19(14-8-7-13(22)9-16(14)23)25-17-6-4-3-5-15(17)18/h3-10H,1-2H3,(H,24,26,27). The van der Waals surface area contributed by atoms with Crippen molar-refractivity contribution in [3.8, 4) is 11.3 Å². The molecule has 0 radical (unpaired) electrons. The third-order valence-corrected chi connectivity index (χ3v) is 5.81. The normalized spacial score (nSPS) is 11.0. The van der Waals surface area contributed by atoms with Crippen LogP contribution in [0.2, 0.25) is 10.0 Å². The van der Waals surface area contributed by atoms with E-state index in [1.807, 2.05) is 49.6 Å². The maximum atomic E-state index is 13.2. The topological polar surface area (TPSA) is 54.9 Å². The van der Waals surface area contributed by atoms with E-state index in [0.29, 0.717) is 26.4 Å². The number of para-hydroxylation sites is 1. The Hall–Kier alpha value is -2.47. The van der Waals surface area contributed by atoms with E-state index in [1.165, 1.54) is 11.3 Å². The Kier molecular flexibility index (Phi) is 5.06. The zero-order valence-corrected chi connectivity index (χ0v) is 17.4. The number of thiazole rings is 1. The second-order valence-corrected chi connectivity index (χ2v) is 8.05. The number of fused-ring (bicyclic) bond motifs is 1. The lowest BCUT2D eigenvalue weighted by Crippen LogP contribution is -2.15. The van der Waals surface area contributed by atoms with Crippen LogP contribution in [0, 0.1) is 13.8 Å². The molecule has 1 N–H and O–H groups in total. The molecular weight excluding hydrogens is 413 g/mol. The molecule has 0 bridgehead atoms. The lowest BCUT2D eigenvalue weighted by molar-refractivity contribution is 0.102. The zero-order valence-electron chi connectivity index (χ0n) is 15.1. The molecule has 2 aromatic heterocycles. The van der Waals surface area contributed by atoms with E-state index < -0.39 is 0 Å². The third kappa shape index (κ3) is 3.49. The molecule has 0 saturated carbocycles. The largest absolute Gasteiger partial charge is 0.298 e. The van der Waals surface area contributed by atoms with Crippen molar-refractivity contribution in [1.82, 2.24) is 9.97 Å². The number of pyridine rings is 1. The molecule has 0 aliphatic carbocycles. The van der Waals surface area contributed by atoms with Crippen LogP contribution in [0.5, 0.6) is 0 Å². The van der Waals surface area contributed by atoms with Crippen LogP contribution in [0.1, 0.15) is 21.6 Å². The number of benzene rings is 2. The number of aryl methyl sites for hydroxylation is 1. The van der Waals surface area contributed by atoms with Gasteiger partial charge in [0.05, 0.1) is 27.5 Å². The number of aromatic nitrogens is 2. The first-order valence-electron chi connectivity index (χ1n) is 8.52. The smallest absolute Gasteiger partial charge is 0.258 e. The number of carbonyl (C=O) groups excluding carboxylic acids is 1. The molecule has 0 unspecified atom stereocenters. The summed E-state index contributed by atoms with van der Waals surface area (Å²) >= 11 is 13.9. The quantitative estimate of drug-likeness (QED) is 0.403. The number of anilines is 1. The molecule has 0 atom stereocenters. The first-order valence-corrected chi connectivity index (χ1v) is 10.2. The summed E-state index contributed by atoms with van der Waals surface area (Å²) in [6, 6.07) is 12.8. The molecular formula is C21H15Cl2N3OS. The Morgan fingerprint density at radius 1 is 1.07 bits per heavy atom. The number of nitrogens with zero attached hydrogens (tertiary/aromatic N) is 2. The molecule has 28 heavy (non-hydrogen) atoms. The molecule has 0 fully saturated rings. The van der Waals surface area contributed by atoms with Crippen molar-refractivity contribution in [3.05, 3.63) is 74.7 Å². The maximum Gasteiger partial charge on any atom is 0.258 e. The summed E-state index contributed by atoms with van der Waals surface area (Å²) in [5, 5.41) is 7.17. The molecule has 4 rings (SSSR count). The molecule has 0 saturated heterocycles.